The number of amides is 1. The average Bonchev–Trinajstić information content (AvgIpc) is 3.19. The van der Waals surface area contributed by atoms with Gasteiger partial charge in [-0.3, -0.25) is 4.79 Å². The standard InChI is InChI=1S/C16H23BrN2O/c1-19(12-16(11-18)8-9-16)15(20)7-3-5-13-4-2-6-14(17)10-13/h2,4,6,10H,3,5,7-9,11-12,18H2,1H3. The number of nitrogens with zero attached hydrogens (tertiary/aromatic N) is 1. The molecule has 1 aliphatic carbocycles. The van der Waals surface area contributed by atoms with Crippen LogP contribution in [0.25, 0.3) is 0 Å². The minimum atomic E-state index is 0.231. The molecule has 1 aliphatic rings. The first kappa shape index (κ1) is 15.5. The van der Waals surface area contributed by atoms with Gasteiger partial charge in [-0.1, -0.05) is 28.1 Å². The van der Waals surface area contributed by atoms with Crippen molar-refractivity contribution in [1.29, 1.82) is 0 Å². The quantitative estimate of drug-likeness (QED) is 0.830. The Kier molecular flexibility index (Phi) is 5.22. The molecule has 0 atom stereocenters. The summed E-state index contributed by atoms with van der Waals surface area (Å²) >= 11 is 3.47. The Hall–Kier alpha value is -0.870. The lowest BCUT2D eigenvalue weighted by atomic mass is 10.1. The van der Waals surface area contributed by atoms with E-state index in [1.54, 1.807) is 0 Å². The summed E-state index contributed by atoms with van der Waals surface area (Å²) in [5, 5.41) is 0. The average molecular weight is 339 g/mol. The van der Waals surface area contributed by atoms with Gasteiger partial charge in [0, 0.05) is 29.9 Å². The molecule has 0 aromatic heterocycles. The fraction of sp³-hybridized carbons (Fsp3) is 0.562. The van der Waals surface area contributed by atoms with Gasteiger partial charge in [0.25, 0.3) is 0 Å². The number of carbonyl (C=O) groups excluding carboxylic acids is 1. The summed E-state index contributed by atoms with van der Waals surface area (Å²) in [7, 11) is 1.90. The van der Waals surface area contributed by atoms with Crippen molar-refractivity contribution in [1.82, 2.24) is 4.90 Å². The number of hydrogen-bond donors (Lipinski definition) is 1. The molecule has 4 heteroatoms. The van der Waals surface area contributed by atoms with Crippen molar-refractivity contribution >= 4 is 21.8 Å². The number of carbonyl (C=O) groups is 1. The van der Waals surface area contributed by atoms with E-state index in [0.717, 1.165) is 23.9 Å². The summed E-state index contributed by atoms with van der Waals surface area (Å²) in [6.45, 7) is 1.52. The van der Waals surface area contributed by atoms with Crippen molar-refractivity contribution in [3.63, 3.8) is 0 Å². The fourth-order valence-electron chi connectivity index (χ4n) is 2.52. The van der Waals surface area contributed by atoms with Crippen LogP contribution in [0.5, 0.6) is 0 Å². The number of halogens is 1. The Morgan fingerprint density at radius 1 is 1.45 bits per heavy atom. The number of hydrogen-bond acceptors (Lipinski definition) is 2. The van der Waals surface area contributed by atoms with E-state index in [1.165, 1.54) is 18.4 Å². The summed E-state index contributed by atoms with van der Waals surface area (Å²) in [4.78, 5) is 14.0. The van der Waals surface area contributed by atoms with Gasteiger partial charge < -0.3 is 10.6 Å². The predicted molar refractivity (Wildman–Crippen MR) is 85.4 cm³/mol. The summed E-state index contributed by atoms with van der Waals surface area (Å²) in [5.41, 5.74) is 7.27. The first-order valence-electron chi connectivity index (χ1n) is 7.23. The van der Waals surface area contributed by atoms with Crippen molar-refractivity contribution in [3.05, 3.63) is 34.3 Å². The van der Waals surface area contributed by atoms with Crippen molar-refractivity contribution in [2.75, 3.05) is 20.1 Å². The molecule has 110 valence electrons. The number of rotatable bonds is 7. The summed E-state index contributed by atoms with van der Waals surface area (Å²) in [5.74, 6) is 0.236. The second-order valence-corrected chi connectivity index (χ2v) is 6.85. The second-order valence-electron chi connectivity index (χ2n) is 5.94. The Bertz CT molecular complexity index is 471. The second kappa shape index (κ2) is 6.72. The molecule has 1 aromatic carbocycles. The first-order chi connectivity index (χ1) is 9.54. The molecule has 1 saturated carbocycles. The lowest BCUT2D eigenvalue weighted by Crippen LogP contribution is -2.35. The molecule has 0 bridgehead atoms. The molecule has 2 N–H and O–H groups in total. The molecule has 20 heavy (non-hydrogen) atoms. The van der Waals surface area contributed by atoms with Crippen molar-refractivity contribution in [2.45, 2.75) is 32.1 Å². The molecule has 0 heterocycles. The Morgan fingerprint density at radius 3 is 2.80 bits per heavy atom. The van der Waals surface area contributed by atoms with Gasteiger partial charge in [0.2, 0.25) is 5.91 Å². The normalized spacial score (nSPS) is 15.9. The molecule has 0 radical (unpaired) electrons. The molecule has 0 spiro atoms. The fourth-order valence-corrected chi connectivity index (χ4v) is 2.97. The summed E-state index contributed by atoms with van der Waals surface area (Å²) < 4.78 is 1.09. The Balaban J connectivity index is 1.72. The number of benzene rings is 1. The SMILES string of the molecule is CN(CC1(CN)CC1)C(=O)CCCc1cccc(Br)c1. The van der Waals surface area contributed by atoms with E-state index < -0.39 is 0 Å². The van der Waals surface area contributed by atoms with E-state index >= 15 is 0 Å². The smallest absolute Gasteiger partial charge is 0.222 e. The van der Waals surface area contributed by atoms with E-state index in [2.05, 4.69) is 28.1 Å². The van der Waals surface area contributed by atoms with Crippen molar-refractivity contribution in [2.24, 2.45) is 11.1 Å². The van der Waals surface area contributed by atoms with Gasteiger partial charge in [-0.2, -0.15) is 0 Å². The molecule has 0 unspecified atom stereocenters. The molecular weight excluding hydrogens is 316 g/mol. The molecule has 3 nitrogen and oxygen atoms in total. The largest absolute Gasteiger partial charge is 0.345 e. The molecule has 0 saturated heterocycles. The van der Waals surface area contributed by atoms with Gasteiger partial charge in [-0.05, 0) is 49.9 Å². The number of nitrogens with two attached hydrogens (primary N) is 1. The molecule has 0 aliphatic heterocycles. The van der Waals surface area contributed by atoms with Crippen LogP contribution < -0.4 is 5.73 Å². The minimum Gasteiger partial charge on any atom is -0.345 e. The van der Waals surface area contributed by atoms with Crippen LogP contribution in [0.3, 0.4) is 0 Å². The molecule has 1 amide bonds. The monoisotopic (exact) mass is 338 g/mol. The summed E-state index contributed by atoms with van der Waals surface area (Å²) in [6.07, 6.45) is 4.79. The van der Waals surface area contributed by atoms with Crippen LogP contribution in [0.4, 0.5) is 0 Å². The Labute approximate surface area is 129 Å². The van der Waals surface area contributed by atoms with Crippen LogP contribution in [0, 0.1) is 5.41 Å². The Morgan fingerprint density at radius 2 is 2.20 bits per heavy atom. The van der Waals surface area contributed by atoms with E-state index in [4.69, 9.17) is 5.73 Å². The minimum absolute atomic E-state index is 0.231. The lowest BCUT2D eigenvalue weighted by molar-refractivity contribution is -0.130. The predicted octanol–water partition coefficient (Wildman–Crippen LogP) is 2.97. The van der Waals surface area contributed by atoms with Gasteiger partial charge in [-0.15, -0.1) is 0 Å². The van der Waals surface area contributed by atoms with Crippen LogP contribution in [0.15, 0.2) is 28.7 Å². The van der Waals surface area contributed by atoms with Crippen LogP contribution in [-0.4, -0.2) is 30.9 Å². The van der Waals surface area contributed by atoms with Crippen LogP contribution in [0.2, 0.25) is 0 Å². The van der Waals surface area contributed by atoms with Crippen LogP contribution in [0.1, 0.15) is 31.2 Å². The van der Waals surface area contributed by atoms with Gasteiger partial charge in [0.05, 0.1) is 0 Å². The van der Waals surface area contributed by atoms with Crippen LogP contribution in [-0.2, 0) is 11.2 Å². The molecule has 1 fully saturated rings. The maximum absolute atomic E-state index is 12.1. The highest BCUT2D eigenvalue weighted by Gasteiger charge is 2.42. The van der Waals surface area contributed by atoms with Crippen molar-refractivity contribution in [3.8, 4) is 0 Å². The molecule has 2 rings (SSSR count). The van der Waals surface area contributed by atoms with E-state index in [0.29, 0.717) is 13.0 Å². The zero-order valence-corrected chi connectivity index (χ0v) is 13.7. The van der Waals surface area contributed by atoms with Gasteiger partial charge >= 0.3 is 0 Å². The zero-order chi connectivity index (χ0) is 14.6. The van der Waals surface area contributed by atoms with Crippen molar-refractivity contribution < 1.29 is 4.79 Å². The molecular formula is C16H23BrN2O. The van der Waals surface area contributed by atoms with Gasteiger partial charge in [-0.25, -0.2) is 0 Å². The highest BCUT2D eigenvalue weighted by molar-refractivity contribution is 9.10. The topological polar surface area (TPSA) is 46.3 Å². The lowest BCUT2D eigenvalue weighted by Gasteiger charge is -2.22. The van der Waals surface area contributed by atoms with Crippen LogP contribution >= 0.6 is 15.9 Å². The van der Waals surface area contributed by atoms with E-state index in [9.17, 15) is 4.79 Å². The van der Waals surface area contributed by atoms with Gasteiger partial charge in [0.15, 0.2) is 0 Å². The first-order valence-corrected chi connectivity index (χ1v) is 8.02. The maximum atomic E-state index is 12.1. The highest BCUT2D eigenvalue weighted by Crippen LogP contribution is 2.44. The summed E-state index contributed by atoms with van der Waals surface area (Å²) in [6, 6.07) is 8.27. The number of aryl methyl sites for hydroxylation is 1. The van der Waals surface area contributed by atoms with Gasteiger partial charge in [0.1, 0.15) is 0 Å². The third-order valence-corrected chi connectivity index (χ3v) is 4.63. The highest BCUT2D eigenvalue weighted by atomic mass is 79.9. The maximum Gasteiger partial charge on any atom is 0.222 e. The zero-order valence-electron chi connectivity index (χ0n) is 12.1. The third kappa shape index (κ3) is 4.32. The van der Waals surface area contributed by atoms with E-state index in [-0.39, 0.29) is 11.3 Å². The van der Waals surface area contributed by atoms with E-state index in [1.807, 2.05) is 24.1 Å². The molecule has 1 aromatic rings. The third-order valence-electron chi connectivity index (χ3n) is 4.13.